The molecule has 10 heteroatoms. The Morgan fingerprint density at radius 1 is 0.800 bits per heavy atom. The predicted octanol–water partition coefficient (Wildman–Crippen LogP) is 4.49. The maximum Gasteiger partial charge on any atom is 0.121 e. The second-order valence-corrected chi connectivity index (χ2v) is 16.0. The van der Waals surface area contributed by atoms with Gasteiger partial charge in [0.25, 0.3) is 0 Å². The van der Waals surface area contributed by atoms with E-state index in [0.717, 1.165) is 24.0 Å². The summed E-state index contributed by atoms with van der Waals surface area (Å²) < 4.78 is 46.7. The van der Waals surface area contributed by atoms with E-state index in [1.165, 1.54) is 0 Å². The Morgan fingerprint density at radius 3 is 2.16 bits per heavy atom. The Hall–Kier alpha value is -1.96. The molecule has 0 radical (unpaired) electrons. The van der Waals surface area contributed by atoms with Gasteiger partial charge in [0.05, 0.1) is 73.8 Å². The van der Waals surface area contributed by atoms with Gasteiger partial charge in [-0.1, -0.05) is 67.6 Å². The molecule has 0 aromatic heterocycles. The van der Waals surface area contributed by atoms with Crippen LogP contribution in [0.4, 0.5) is 0 Å². The van der Waals surface area contributed by atoms with Crippen LogP contribution >= 0.6 is 0 Å². The molecule has 276 valence electrons. The molecule has 5 fully saturated rings. The minimum Gasteiger partial charge on any atom is -0.396 e. The fourth-order valence-electron chi connectivity index (χ4n) is 9.03. The molecular weight excluding hydrogens is 640 g/mol. The number of hydrogen-bond acceptors (Lipinski definition) is 10. The zero-order valence-electron chi connectivity index (χ0n) is 29.9. The zero-order chi connectivity index (χ0) is 35.1. The summed E-state index contributed by atoms with van der Waals surface area (Å²) in [6.07, 6.45) is -1.46. The van der Waals surface area contributed by atoms with Gasteiger partial charge in [-0.2, -0.15) is 0 Å². The molecule has 0 bridgehead atoms. The monoisotopic (exact) mass is 696 g/mol. The van der Waals surface area contributed by atoms with Crippen LogP contribution < -0.4 is 0 Å². The van der Waals surface area contributed by atoms with Gasteiger partial charge in [-0.05, 0) is 50.7 Å². The summed E-state index contributed by atoms with van der Waals surface area (Å²) in [7, 11) is 0. The quantitative estimate of drug-likeness (QED) is 0.346. The van der Waals surface area contributed by atoms with Crippen molar-refractivity contribution >= 4 is 0 Å². The van der Waals surface area contributed by atoms with Crippen LogP contribution in [0.1, 0.15) is 77.3 Å². The van der Waals surface area contributed by atoms with Crippen LogP contribution in [-0.2, 0) is 46.4 Å². The molecule has 5 aliphatic heterocycles. The largest absolute Gasteiger partial charge is 0.396 e. The topological polar surface area (TPSA) is 125 Å². The highest BCUT2D eigenvalue weighted by Gasteiger charge is 2.62. The van der Waals surface area contributed by atoms with E-state index in [9.17, 15) is 15.3 Å². The number of aliphatic hydroxyl groups is 3. The van der Waals surface area contributed by atoms with Crippen LogP contribution in [0.25, 0.3) is 0 Å². The van der Waals surface area contributed by atoms with Crippen molar-refractivity contribution in [2.75, 3.05) is 13.2 Å². The van der Waals surface area contributed by atoms with Crippen molar-refractivity contribution in [3.05, 3.63) is 71.8 Å². The van der Waals surface area contributed by atoms with E-state index < -0.39 is 53.4 Å². The molecule has 5 saturated heterocycles. The summed E-state index contributed by atoms with van der Waals surface area (Å²) in [5.74, 6) is 0.123. The Morgan fingerprint density at radius 2 is 1.46 bits per heavy atom. The lowest BCUT2D eigenvalue weighted by Crippen LogP contribution is -2.73. The standard InChI is InChI=1S/C40H56O10/c1-25-15-16-39(3)33(21-32(42)38(2,50-39)17-18-41)46-29-19-30-36(48-35(25)29)37(43)40(4)34(47-30)20-28(45-23-27-13-9-6-10-14-27)31(49-40)24-44-22-26-11-7-5-8-12-26/h5-14,25,28-37,41-43H,15-24H2,1-4H3/t25-,28+,29-,30+,31-,32-,33+,34-,35?,36-,37+,38+,39-,40+/m0/s1. The first-order valence-corrected chi connectivity index (χ1v) is 18.6. The van der Waals surface area contributed by atoms with Crippen molar-refractivity contribution < 1.29 is 48.5 Å². The lowest BCUT2D eigenvalue weighted by molar-refractivity contribution is -0.366. The Kier molecular flexibility index (Phi) is 10.8. The molecule has 0 saturated carbocycles. The highest BCUT2D eigenvalue weighted by molar-refractivity contribution is 5.15. The fourth-order valence-corrected chi connectivity index (χ4v) is 9.03. The normalized spacial score (nSPS) is 44.5. The van der Waals surface area contributed by atoms with E-state index >= 15 is 0 Å². The SMILES string of the molecule is C[C@H]1CC[C@]2(C)O[C@](C)(CCO)[C@@H](O)C[C@H]2O[C@H]2C[C@H]3O[C@H]4C[C@@H](OCc5ccccc5)[C@H](COCc5ccccc5)O[C@@]4(C)[C@H](O)[C@H]3OC21. The average molecular weight is 697 g/mol. The van der Waals surface area contributed by atoms with Gasteiger partial charge in [0.1, 0.15) is 23.9 Å². The number of hydrogen-bond donors (Lipinski definition) is 3. The van der Waals surface area contributed by atoms with E-state index in [4.69, 9.17) is 33.2 Å². The van der Waals surface area contributed by atoms with E-state index in [-0.39, 0.29) is 36.9 Å². The second kappa shape index (κ2) is 14.8. The van der Waals surface area contributed by atoms with Crippen LogP contribution in [0.3, 0.4) is 0 Å². The van der Waals surface area contributed by atoms with Crippen molar-refractivity contribution in [2.45, 2.75) is 157 Å². The summed E-state index contributed by atoms with van der Waals surface area (Å²) in [5.41, 5.74) is -0.359. The minimum atomic E-state index is -1.04. The van der Waals surface area contributed by atoms with E-state index in [1.54, 1.807) is 0 Å². The third-order valence-electron chi connectivity index (χ3n) is 12.2. The minimum absolute atomic E-state index is 0.0593. The summed E-state index contributed by atoms with van der Waals surface area (Å²) in [5, 5.41) is 33.0. The third-order valence-corrected chi connectivity index (χ3v) is 12.2. The number of aliphatic hydroxyl groups excluding tert-OH is 3. The van der Waals surface area contributed by atoms with Gasteiger partial charge in [-0.15, -0.1) is 0 Å². The fraction of sp³-hybridized carbons (Fsp3) is 0.700. The van der Waals surface area contributed by atoms with Gasteiger partial charge in [0.2, 0.25) is 0 Å². The number of ether oxygens (including phenoxy) is 7. The van der Waals surface area contributed by atoms with Crippen molar-refractivity contribution in [2.24, 2.45) is 5.92 Å². The highest BCUT2D eigenvalue weighted by Crippen LogP contribution is 2.49. The lowest BCUT2D eigenvalue weighted by Gasteiger charge is -2.60. The number of rotatable bonds is 9. The molecule has 2 aromatic carbocycles. The van der Waals surface area contributed by atoms with Crippen LogP contribution in [0.15, 0.2) is 60.7 Å². The summed E-state index contributed by atoms with van der Waals surface area (Å²) in [4.78, 5) is 0. The van der Waals surface area contributed by atoms with Crippen LogP contribution in [0, 0.1) is 5.92 Å². The highest BCUT2D eigenvalue weighted by atomic mass is 16.6. The molecule has 7 rings (SSSR count). The molecule has 5 aliphatic rings. The number of benzene rings is 2. The maximum atomic E-state index is 12.1. The smallest absolute Gasteiger partial charge is 0.121 e. The summed E-state index contributed by atoms with van der Waals surface area (Å²) in [6.45, 7) is 9.16. The molecule has 10 nitrogen and oxygen atoms in total. The van der Waals surface area contributed by atoms with Gasteiger partial charge in [-0.25, -0.2) is 0 Å². The molecule has 5 heterocycles. The van der Waals surface area contributed by atoms with Gasteiger partial charge in [-0.3, -0.25) is 0 Å². The molecule has 0 spiro atoms. The van der Waals surface area contributed by atoms with Crippen molar-refractivity contribution in [1.82, 2.24) is 0 Å². The maximum absolute atomic E-state index is 12.1. The van der Waals surface area contributed by atoms with Crippen molar-refractivity contribution in [1.29, 1.82) is 0 Å². The first kappa shape index (κ1) is 36.4. The molecule has 1 unspecified atom stereocenters. The summed E-state index contributed by atoms with van der Waals surface area (Å²) in [6, 6.07) is 20.1. The van der Waals surface area contributed by atoms with E-state index in [1.807, 2.05) is 74.5 Å². The van der Waals surface area contributed by atoms with Gasteiger partial charge < -0.3 is 48.5 Å². The van der Waals surface area contributed by atoms with E-state index in [0.29, 0.717) is 45.5 Å². The molecule has 50 heavy (non-hydrogen) atoms. The average Bonchev–Trinajstić information content (AvgIpc) is 3.10. The van der Waals surface area contributed by atoms with Crippen molar-refractivity contribution in [3.63, 3.8) is 0 Å². The lowest BCUT2D eigenvalue weighted by atomic mass is 9.73. The Bertz CT molecular complexity index is 1400. The van der Waals surface area contributed by atoms with Gasteiger partial charge in [0.15, 0.2) is 0 Å². The molecule has 0 aliphatic carbocycles. The Labute approximate surface area is 296 Å². The summed E-state index contributed by atoms with van der Waals surface area (Å²) >= 11 is 0. The molecule has 3 N–H and O–H groups in total. The first-order valence-electron chi connectivity index (χ1n) is 18.6. The molecule has 0 amide bonds. The Balaban J connectivity index is 1.08. The number of fused-ring (bicyclic) bond motifs is 4. The van der Waals surface area contributed by atoms with E-state index in [2.05, 4.69) is 13.8 Å². The molecule has 2 aromatic rings. The zero-order valence-corrected chi connectivity index (χ0v) is 29.9. The van der Waals surface area contributed by atoms with Crippen molar-refractivity contribution in [3.8, 4) is 0 Å². The van der Waals surface area contributed by atoms with Crippen LogP contribution in [0.2, 0.25) is 0 Å². The molecular formula is C40H56O10. The van der Waals surface area contributed by atoms with Gasteiger partial charge >= 0.3 is 0 Å². The van der Waals surface area contributed by atoms with Crippen LogP contribution in [-0.4, -0.2) is 106 Å². The first-order chi connectivity index (χ1) is 24.0. The predicted molar refractivity (Wildman–Crippen MR) is 184 cm³/mol. The molecule has 14 atom stereocenters. The van der Waals surface area contributed by atoms with Crippen LogP contribution in [0.5, 0.6) is 0 Å². The second-order valence-electron chi connectivity index (χ2n) is 16.0. The van der Waals surface area contributed by atoms with Gasteiger partial charge in [0, 0.05) is 32.3 Å². The third kappa shape index (κ3) is 7.18.